The summed E-state index contributed by atoms with van der Waals surface area (Å²) in [6, 6.07) is 27.0. The Kier molecular flexibility index (Phi) is 7.41. The first kappa shape index (κ1) is 25.7. The van der Waals surface area contributed by atoms with Gasteiger partial charge in [0.2, 0.25) is 0 Å². The van der Waals surface area contributed by atoms with Gasteiger partial charge >= 0.3 is 11.9 Å². The lowest BCUT2D eigenvalue weighted by Crippen LogP contribution is -2.04. The molecule has 5 aromatic rings. The quantitative estimate of drug-likeness (QED) is 0.163. The molecule has 4 aromatic carbocycles. The summed E-state index contributed by atoms with van der Waals surface area (Å²) in [6.45, 7) is 1.92. The van der Waals surface area contributed by atoms with E-state index in [9.17, 15) is 14.0 Å². The molecular formula is C32H26FNO5. The van der Waals surface area contributed by atoms with Gasteiger partial charge in [-0.3, -0.25) is 9.59 Å². The van der Waals surface area contributed by atoms with Gasteiger partial charge in [0.25, 0.3) is 0 Å². The molecule has 5 rings (SSSR count). The maximum absolute atomic E-state index is 13.5. The average molecular weight is 524 g/mol. The fourth-order valence-electron chi connectivity index (χ4n) is 4.48. The van der Waals surface area contributed by atoms with Crippen molar-refractivity contribution in [2.75, 3.05) is 7.11 Å². The number of halogens is 1. The highest BCUT2D eigenvalue weighted by Crippen LogP contribution is 2.31. The molecule has 0 saturated heterocycles. The Morgan fingerprint density at radius 2 is 1.56 bits per heavy atom. The van der Waals surface area contributed by atoms with Crippen molar-refractivity contribution in [1.29, 1.82) is 0 Å². The molecule has 6 nitrogen and oxygen atoms in total. The Hall–Kier alpha value is -4.91. The smallest absolute Gasteiger partial charge is 0.310 e. The number of ether oxygens (including phenoxy) is 3. The van der Waals surface area contributed by atoms with Crippen LogP contribution in [0.25, 0.3) is 22.0 Å². The van der Waals surface area contributed by atoms with Gasteiger partial charge in [0, 0.05) is 36.6 Å². The Morgan fingerprint density at radius 1 is 0.821 bits per heavy atom. The molecule has 0 N–H and O–H groups in total. The van der Waals surface area contributed by atoms with Crippen molar-refractivity contribution in [2.24, 2.45) is 0 Å². The Balaban J connectivity index is 1.46. The first-order valence-electron chi connectivity index (χ1n) is 12.4. The van der Waals surface area contributed by atoms with Crippen LogP contribution in [0, 0.1) is 5.82 Å². The molecule has 0 radical (unpaired) electrons. The third-order valence-electron chi connectivity index (χ3n) is 6.26. The predicted molar refractivity (Wildman–Crippen MR) is 146 cm³/mol. The summed E-state index contributed by atoms with van der Waals surface area (Å²) in [5, 5.41) is 0.950. The van der Waals surface area contributed by atoms with Crippen LogP contribution < -0.4 is 9.47 Å². The van der Waals surface area contributed by atoms with Crippen molar-refractivity contribution < 1.29 is 28.2 Å². The summed E-state index contributed by atoms with van der Waals surface area (Å²) in [7, 11) is 1.38. The Bertz CT molecular complexity index is 1660. The van der Waals surface area contributed by atoms with Crippen LogP contribution >= 0.6 is 0 Å². The summed E-state index contributed by atoms with van der Waals surface area (Å²) in [4.78, 5) is 23.5. The van der Waals surface area contributed by atoms with Crippen LogP contribution in [0.4, 0.5) is 4.39 Å². The van der Waals surface area contributed by atoms with Gasteiger partial charge in [-0.25, -0.2) is 4.39 Å². The molecule has 0 saturated carbocycles. The molecule has 196 valence electrons. The van der Waals surface area contributed by atoms with Gasteiger partial charge in [-0.1, -0.05) is 42.5 Å². The lowest BCUT2D eigenvalue weighted by molar-refractivity contribution is -0.139. The number of rotatable bonds is 8. The summed E-state index contributed by atoms with van der Waals surface area (Å²) in [5.41, 5.74) is 4.67. The minimum Gasteiger partial charge on any atom is -0.469 e. The first-order chi connectivity index (χ1) is 18.9. The summed E-state index contributed by atoms with van der Waals surface area (Å²) >= 11 is 0. The standard InChI is InChI=1S/C32H26FNO5/c1-21(35)38-28-7-3-5-23(15-28)24-11-14-30-25(17-32(36)37-2)20-34(31(30)16-24)19-22-9-12-27(13-10-22)39-29-8-4-6-26(33)18-29/h3-16,18,20H,17,19H2,1-2H3. The number of fused-ring (bicyclic) bond motifs is 1. The van der Waals surface area contributed by atoms with Crippen molar-refractivity contribution in [3.8, 4) is 28.4 Å². The zero-order valence-electron chi connectivity index (χ0n) is 21.5. The number of aromatic nitrogens is 1. The number of nitrogens with zero attached hydrogens (tertiary/aromatic N) is 1. The highest BCUT2D eigenvalue weighted by Gasteiger charge is 2.14. The van der Waals surface area contributed by atoms with Crippen LogP contribution in [0.5, 0.6) is 17.2 Å². The molecule has 1 aromatic heterocycles. The number of carbonyl (C=O) groups is 2. The van der Waals surface area contributed by atoms with E-state index in [2.05, 4.69) is 10.6 Å². The van der Waals surface area contributed by atoms with Crippen molar-refractivity contribution in [1.82, 2.24) is 4.57 Å². The van der Waals surface area contributed by atoms with E-state index in [0.717, 1.165) is 33.2 Å². The van der Waals surface area contributed by atoms with Crippen LogP contribution in [0.15, 0.2) is 97.2 Å². The van der Waals surface area contributed by atoms with Crippen molar-refractivity contribution >= 4 is 22.8 Å². The van der Waals surface area contributed by atoms with Crippen molar-refractivity contribution in [3.05, 3.63) is 114 Å². The van der Waals surface area contributed by atoms with Gasteiger partial charge in [-0.05, 0) is 64.7 Å². The molecule has 0 atom stereocenters. The second-order valence-corrected chi connectivity index (χ2v) is 9.09. The van der Waals surface area contributed by atoms with E-state index in [0.29, 0.717) is 23.8 Å². The number of carbonyl (C=O) groups excluding carboxylic acids is 2. The van der Waals surface area contributed by atoms with Crippen molar-refractivity contribution in [3.63, 3.8) is 0 Å². The van der Waals surface area contributed by atoms with Gasteiger partial charge in [-0.2, -0.15) is 0 Å². The van der Waals surface area contributed by atoms with E-state index in [1.165, 1.54) is 26.2 Å². The zero-order valence-corrected chi connectivity index (χ0v) is 21.5. The summed E-state index contributed by atoms with van der Waals surface area (Å²) < 4.78 is 31.5. The van der Waals surface area contributed by atoms with Crippen LogP contribution in [-0.4, -0.2) is 23.6 Å². The van der Waals surface area contributed by atoms with E-state index in [-0.39, 0.29) is 24.2 Å². The van der Waals surface area contributed by atoms with E-state index in [1.54, 1.807) is 18.2 Å². The molecule has 0 unspecified atom stereocenters. The second kappa shape index (κ2) is 11.2. The molecule has 0 aliphatic carbocycles. The lowest BCUT2D eigenvalue weighted by Gasteiger charge is -2.10. The first-order valence-corrected chi connectivity index (χ1v) is 12.4. The molecule has 39 heavy (non-hydrogen) atoms. The maximum Gasteiger partial charge on any atom is 0.310 e. The fraction of sp³-hybridized carbons (Fsp3) is 0.125. The number of hydrogen-bond acceptors (Lipinski definition) is 5. The zero-order chi connectivity index (χ0) is 27.4. The van der Waals surface area contributed by atoms with Gasteiger partial charge < -0.3 is 18.8 Å². The van der Waals surface area contributed by atoms with Gasteiger partial charge in [0.05, 0.1) is 13.5 Å². The third-order valence-corrected chi connectivity index (χ3v) is 6.26. The van der Waals surface area contributed by atoms with Crippen molar-refractivity contribution in [2.45, 2.75) is 19.9 Å². The van der Waals surface area contributed by atoms with Crippen LogP contribution in [0.3, 0.4) is 0 Å². The topological polar surface area (TPSA) is 66.8 Å². The summed E-state index contributed by atoms with van der Waals surface area (Å²) in [6.07, 6.45) is 2.12. The SMILES string of the molecule is COC(=O)Cc1cn(Cc2ccc(Oc3cccc(F)c3)cc2)c2cc(-c3cccc(OC(C)=O)c3)ccc12. The number of hydrogen-bond donors (Lipinski definition) is 0. The third kappa shape index (κ3) is 6.15. The number of benzene rings is 4. The van der Waals surface area contributed by atoms with E-state index in [1.807, 2.05) is 60.8 Å². The molecule has 0 amide bonds. The molecule has 1 heterocycles. The highest BCUT2D eigenvalue weighted by molar-refractivity contribution is 5.91. The Labute approximate surface area is 225 Å². The molecule has 0 fully saturated rings. The van der Waals surface area contributed by atoms with Crippen LogP contribution in [0.2, 0.25) is 0 Å². The van der Waals surface area contributed by atoms with E-state index in [4.69, 9.17) is 14.2 Å². The number of methoxy groups -OCH3 is 1. The average Bonchev–Trinajstić information content (AvgIpc) is 3.25. The van der Waals surface area contributed by atoms with Gasteiger partial charge in [-0.15, -0.1) is 0 Å². The molecule has 0 aliphatic rings. The van der Waals surface area contributed by atoms with Gasteiger partial charge in [0.1, 0.15) is 23.1 Å². The second-order valence-electron chi connectivity index (χ2n) is 9.09. The molecule has 0 bridgehead atoms. The van der Waals surface area contributed by atoms with Crippen LogP contribution in [0.1, 0.15) is 18.1 Å². The lowest BCUT2D eigenvalue weighted by atomic mass is 10.0. The fourth-order valence-corrected chi connectivity index (χ4v) is 4.48. The molecule has 0 aliphatic heterocycles. The largest absolute Gasteiger partial charge is 0.469 e. The molecule has 7 heteroatoms. The molecular weight excluding hydrogens is 497 g/mol. The molecule has 0 spiro atoms. The van der Waals surface area contributed by atoms with Gasteiger partial charge in [0.15, 0.2) is 0 Å². The minimum atomic E-state index is -0.378. The van der Waals surface area contributed by atoms with Crippen LogP contribution in [-0.2, 0) is 27.3 Å². The Morgan fingerprint density at radius 3 is 2.31 bits per heavy atom. The van der Waals surface area contributed by atoms with E-state index >= 15 is 0 Å². The summed E-state index contributed by atoms with van der Waals surface area (Å²) in [5.74, 6) is 0.452. The predicted octanol–water partition coefficient (Wildman–Crippen LogP) is 6.93. The highest BCUT2D eigenvalue weighted by atomic mass is 19.1. The van der Waals surface area contributed by atoms with E-state index < -0.39 is 0 Å². The maximum atomic E-state index is 13.5. The minimum absolute atomic E-state index is 0.154. The monoisotopic (exact) mass is 523 g/mol. The number of esters is 2. The normalized spacial score (nSPS) is 10.8.